The van der Waals surface area contributed by atoms with Crippen LogP contribution in [0.25, 0.3) is 0 Å². The minimum absolute atomic E-state index is 0.396. The van der Waals surface area contributed by atoms with Crippen LogP contribution in [-0.2, 0) is 6.54 Å². The molecule has 1 rings (SSSR count). The molecular weight excluding hydrogens is 278 g/mol. The van der Waals surface area contributed by atoms with Crippen molar-refractivity contribution in [3.05, 3.63) is 22.3 Å². The van der Waals surface area contributed by atoms with E-state index >= 15 is 0 Å². The summed E-state index contributed by atoms with van der Waals surface area (Å²) < 4.78 is 1.02. The van der Waals surface area contributed by atoms with Crippen LogP contribution in [0.4, 0.5) is 5.82 Å². The molecule has 0 radical (unpaired) electrons. The molecule has 2 N–H and O–H groups in total. The summed E-state index contributed by atoms with van der Waals surface area (Å²) in [5, 5.41) is 6.81. The molecule has 0 saturated carbocycles. The third kappa shape index (κ3) is 5.50. The topological polar surface area (TPSA) is 37.0 Å². The number of halogens is 1. The van der Waals surface area contributed by atoms with Crippen LogP contribution in [0.15, 0.2) is 16.7 Å². The summed E-state index contributed by atoms with van der Waals surface area (Å²) in [7, 11) is 0. The van der Waals surface area contributed by atoms with Crippen molar-refractivity contribution in [1.29, 1.82) is 0 Å². The maximum atomic E-state index is 4.42. The van der Waals surface area contributed by atoms with Crippen LogP contribution in [0.5, 0.6) is 0 Å². The highest BCUT2D eigenvalue weighted by Crippen LogP contribution is 2.18. The van der Waals surface area contributed by atoms with Crippen LogP contribution in [-0.4, -0.2) is 17.6 Å². The lowest BCUT2D eigenvalue weighted by Gasteiger charge is -2.15. The van der Waals surface area contributed by atoms with Gasteiger partial charge in [-0.3, -0.25) is 0 Å². The van der Waals surface area contributed by atoms with Gasteiger partial charge < -0.3 is 10.6 Å². The first-order valence-corrected chi connectivity index (χ1v) is 6.90. The second-order valence-corrected chi connectivity index (χ2v) is 5.90. The number of pyridine rings is 1. The van der Waals surface area contributed by atoms with Gasteiger partial charge in [0, 0.05) is 28.8 Å². The average molecular weight is 300 g/mol. The molecule has 96 valence electrons. The zero-order valence-corrected chi connectivity index (χ0v) is 12.6. The standard InChI is InChI=1S/C13H22BrN3/c1-9(2)6-15-7-11-5-12(14)8-16-13(11)17-10(3)4/h5,8-10,15H,6-7H2,1-4H3,(H,16,17). The van der Waals surface area contributed by atoms with E-state index < -0.39 is 0 Å². The Labute approximate surface area is 113 Å². The number of rotatable bonds is 6. The first-order valence-electron chi connectivity index (χ1n) is 6.10. The maximum absolute atomic E-state index is 4.42. The smallest absolute Gasteiger partial charge is 0.130 e. The van der Waals surface area contributed by atoms with Gasteiger partial charge in [0.05, 0.1) is 0 Å². The van der Waals surface area contributed by atoms with E-state index in [2.05, 4.69) is 65.3 Å². The molecule has 0 bridgehead atoms. The molecule has 3 nitrogen and oxygen atoms in total. The third-order valence-corrected chi connectivity index (χ3v) is 2.66. The first kappa shape index (κ1) is 14.5. The van der Waals surface area contributed by atoms with Crippen LogP contribution in [0.3, 0.4) is 0 Å². The highest BCUT2D eigenvalue weighted by Gasteiger charge is 2.06. The van der Waals surface area contributed by atoms with Crippen molar-refractivity contribution < 1.29 is 0 Å². The van der Waals surface area contributed by atoms with E-state index in [-0.39, 0.29) is 0 Å². The van der Waals surface area contributed by atoms with Gasteiger partial charge in [-0.25, -0.2) is 4.98 Å². The van der Waals surface area contributed by atoms with Crippen LogP contribution >= 0.6 is 15.9 Å². The van der Waals surface area contributed by atoms with E-state index in [1.54, 1.807) is 0 Å². The monoisotopic (exact) mass is 299 g/mol. The zero-order valence-electron chi connectivity index (χ0n) is 11.0. The van der Waals surface area contributed by atoms with Crippen LogP contribution < -0.4 is 10.6 Å². The normalized spacial score (nSPS) is 11.2. The third-order valence-electron chi connectivity index (χ3n) is 2.23. The lowest BCUT2D eigenvalue weighted by atomic mass is 10.2. The molecule has 1 heterocycles. The van der Waals surface area contributed by atoms with Crippen LogP contribution in [0.2, 0.25) is 0 Å². The SMILES string of the molecule is CC(C)CNCc1cc(Br)cnc1NC(C)C. The van der Waals surface area contributed by atoms with E-state index in [0.29, 0.717) is 12.0 Å². The minimum Gasteiger partial charge on any atom is -0.368 e. The predicted octanol–water partition coefficient (Wildman–Crippen LogP) is 3.41. The number of hydrogen-bond acceptors (Lipinski definition) is 3. The summed E-state index contributed by atoms with van der Waals surface area (Å²) in [6.07, 6.45) is 1.83. The summed E-state index contributed by atoms with van der Waals surface area (Å²) in [6.45, 7) is 10.5. The quantitative estimate of drug-likeness (QED) is 0.845. The molecule has 1 aromatic rings. The maximum Gasteiger partial charge on any atom is 0.130 e. The molecule has 0 atom stereocenters. The molecular formula is C13H22BrN3. The van der Waals surface area contributed by atoms with Crippen molar-refractivity contribution in [3.63, 3.8) is 0 Å². The Morgan fingerprint density at radius 3 is 2.59 bits per heavy atom. The Morgan fingerprint density at radius 1 is 1.29 bits per heavy atom. The Morgan fingerprint density at radius 2 is 2.00 bits per heavy atom. The molecule has 0 saturated heterocycles. The minimum atomic E-state index is 0.396. The van der Waals surface area contributed by atoms with Crippen molar-refractivity contribution >= 4 is 21.7 Å². The Balaban J connectivity index is 2.69. The fourth-order valence-electron chi connectivity index (χ4n) is 1.51. The van der Waals surface area contributed by atoms with Crippen molar-refractivity contribution in [2.45, 2.75) is 40.3 Å². The number of nitrogens with zero attached hydrogens (tertiary/aromatic N) is 1. The second kappa shape index (κ2) is 6.97. The fraction of sp³-hybridized carbons (Fsp3) is 0.615. The van der Waals surface area contributed by atoms with Crippen LogP contribution in [0, 0.1) is 5.92 Å². The summed E-state index contributed by atoms with van der Waals surface area (Å²) in [5.41, 5.74) is 1.20. The number of aromatic nitrogens is 1. The molecule has 0 unspecified atom stereocenters. The molecule has 0 spiro atoms. The van der Waals surface area contributed by atoms with Gasteiger partial charge >= 0.3 is 0 Å². The van der Waals surface area contributed by atoms with Crippen molar-refractivity contribution in [2.24, 2.45) is 5.92 Å². The largest absolute Gasteiger partial charge is 0.368 e. The molecule has 17 heavy (non-hydrogen) atoms. The summed E-state index contributed by atoms with van der Waals surface area (Å²) in [6, 6.07) is 2.51. The van der Waals surface area contributed by atoms with Crippen LogP contribution in [0.1, 0.15) is 33.3 Å². The van der Waals surface area contributed by atoms with E-state index in [9.17, 15) is 0 Å². The van der Waals surface area contributed by atoms with Crippen molar-refractivity contribution in [2.75, 3.05) is 11.9 Å². The number of hydrogen-bond donors (Lipinski definition) is 2. The van der Waals surface area contributed by atoms with Crippen molar-refractivity contribution in [1.82, 2.24) is 10.3 Å². The van der Waals surface area contributed by atoms with Gasteiger partial charge in [-0.2, -0.15) is 0 Å². The van der Waals surface area contributed by atoms with Gasteiger partial charge in [0.15, 0.2) is 0 Å². The van der Waals surface area contributed by atoms with Gasteiger partial charge in [-0.1, -0.05) is 13.8 Å². The molecule has 0 aromatic carbocycles. The molecule has 0 aliphatic heterocycles. The van der Waals surface area contributed by atoms with Crippen molar-refractivity contribution in [3.8, 4) is 0 Å². The summed E-state index contributed by atoms with van der Waals surface area (Å²) in [4.78, 5) is 4.42. The summed E-state index contributed by atoms with van der Waals surface area (Å²) >= 11 is 3.47. The number of nitrogens with one attached hydrogen (secondary N) is 2. The van der Waals surface area contributed by atoms with Gasteiger partial charge in [0.1, 0.15) is 5.82 Å². The molecule has 1 aromatic heterocycles. The summed E-state index contributed by atoms with van der Waals surface area (Å²) in [5.74, 6) is 1.64. The van der Waals surface area contributed by atoms with E-state index in [0.717, 1.165) is 23.4 Å². The lowest BCUT2D eigenvalue weighted by Crippen LogP contribution is -2.21. The van der Waals surface area contributed by atoms with E-state index in [4.69, 9.17) is 0 Å². The lowest BCUT2D eigenvalue weighted by molar-refractivity contribution is 0.552. The number of anilines is 1. The van der Waals surface area contributed by atoms with Gasteiger partial charge in [0.2, 0.25) is 0 Å². The fourth-order valence-corrected chi connectivity index (χ4v) is 1.89. The van der Waals surface area contributed by atoms with E-state index in [1.165, 1.54) is 5.56 Å². The molecule has 0 fully saturated rings. The Bertz CT molecular complexity index is 351. The highest BCUT2D eigenvalue weighted by atomic mass is 79.9. The molecule has 0 aliphatic carbocycles. The van der Waals surface area contributed by atoms with Gasteiger partial charge in [-0.05, 0) is 48.3 Å². The highest BCUT2D eigenvalue weighted by molar-refractivity contribution is 9.10. The second-order valence-electron chi connectivity index (χ2n) is 4.99. The Kier molecular flexibility index (Phi) is 5.92. The average Bonchev–Trinajstić information content (AvgIpc) is 2.21. The molecule has 0 aliphatic rings. The zero-order chi connectivity index (χ0) is 12.8. The Hall–Kier alpha value is -0.610. The molecule has 4 heteroatoms. The molecule has 0 amide bonds. The van der Waals surface area contributed by atoms with Gasteiger partial charge in [0.25, 0.3) is 0 Å². The first-order chi connectivity index (χ1) is 7.99. The van der Waals surface area contributed by atoms with Gasteiger partial charge in [-0.15, -0.1) is 0 Å². The predicted molar refractivity (Wildman–Crippen MR) is 77.2 cm³/mol. The van der Waals surface area contributed by atoms with E-state index in [1.807, 2.05) is 6.20 Å².